The summed E-state index contributed by atoms with van der Waals surface area (Å²) < 4.78 is 1.34. The minimum Gasteiger partial charge on any atom is -0.334 e. The lowest BCUT2D eigenvalue weighted by Crippen LogP contribution is -2.39. The number of para-hydroxylation sites is 2. The van der Waals surface area contributed by atoms with Crippen LogP contribution >= 0.6 is 23.2 Å². The number of hydrogen-bond donors (Lipinski definition) is 2. The second-order valence-corrected chi connectivity index (χ2v) is 7.55. The largest absolute Gasteiger partial charge is 0.334 e. The first kappa shape index (κ1) is 22.6. The molecule has 10 heteroatoms. The predicted octanol–water partition coefficient (Wildman–Crippen LogP) is 2.87. The second kappa shape index (κ2) is 9.80. The summed E-state index contributed by atoms with van der Waals surface area (Å²) in [6.07, 6.45) is -0.0239. The number of aromatic nitrogens is 2. The number of fused-ring (bicyclic) bond motifs is 1. The van der Waals surface area contributed by atoms with Gasteiger partial charge in [-0.1, -0.05) is 41.4 Å². The standard InChI is InChI=1S/C21H20Cl2N4O4/c1-2-26(12-17(28)24-19-14(22)7-5-8-15(19)23)18(29)10-11-27-16-9-4-3-6-13(16)20(30)25-21(27)31/h3-9H,2,10-12H2,1H3,(H,24,28)(H,25,30,31). The van der Waals surface area contributed by atoms with Crippen LogP contribution in [0, 0.1) is 0 Å². The van der Waals surface area contributed by atoms with Crippen LogP contribution in [0.4, 0.5) is 5.69 Å². The molecule has 1 aromatic heterocycles. The Hall–Kier alpha value is -3.10. The fraction of sp³-hybridized carbons (Fsp3) is 0.238. The van der Waals surface area contributed by atoms with Crippen molar-refractivity contribution >= 4 is 51.6 Å². The van der Waals surface area contributed by atoms with Crippen LogP contribution in [-0.2, 0) is 16.1 Å². The number of H-pyrrole nitrogens is 1. The number of anilines is 1. The van der Waals surface area contributed by atoms with Gasteiger partial charge in [0.05, 0.1) is 33.2 Å². The average molecular weight is 463 g/mol. The Labute approximate surface area is 187 Å². The van der Waals surface area contributed by atoms with Crippen LogP contribution in [0.5, 0.6) is 0 Å². The quantitative estimate of drug-likeness (QED) is 0.562. The van der Waals surface area contributed by atoms with Gasteiger partial charge in [-0.15, -0.1) is 0 Å². The third-order valence-electron chi connectivity index (χ3n) is 4.75. The molecule has 0 atom stereocenters. The van der Waals surface area contributed by atoms with E-state index in [4.69, 9.17) is 23.2 Å². The molecule has 0 saturated carbocycles. The van der Waals surface area contributed by atoms with Crippen molar-refractivity contribution in [2.24, 2.45) is 0 Å². The third kappa shape index (κ3) is 5.15. The van der Waals surface area contributed by atoms with E-state index in [1.807, 2.05) is 0 Å². The summed E-state index contributed by atoms with van der Waals surface area (Å²) in [5.41, 5.74) is -0.345. The number of carbonyl (C=O) groups is 2. The highest BCUT2D eigenvalue weighted by molar-refractivity contribution is 6.39. The van der Waals surface area contributed by atoms with Crippen LogP contribution < -0.4 is 16.6 Å². The van der Waals surface area contributed by atoms with Gasteiger partial charge in [0.1, 0.15) is 0 Å². The maximum Gasteiger partial charge on any atom is 0.328 e. The molecule has 0 spiro atoms. The van der Waals surface area contributed by atoms with E-state index in [9.17, 15) is 19.2 Å². The normalized spacial score (nSPS) is 10.8. The highest BCUT2D eigenvalue weighted by Crippen LogP contribution is 2.29. The van der Waals surface area contributed by atoms with E-state index in [1.165, 1.54) is 9.47 Å². The molecule has 31 heavy (non-hydrogen) atoms. The number of aromatic amines is 1. The Bertz CT molecular complexity index is 1230. The van der Waals surface area contributed by atoms with E-state index in [-0.39, 0.29) is 31.1 Å². The van der Waals surface area contributed by atoms with Crippen molar-refractivity contribution in [3.8, 4) is 0 Å². The lowest BCUT2D eigenvalue weighted by atomic mass is 10.2. The van der Waals surface area contributed by atoms with Gasteiger partial charge in [0.15, 0.2) is 0 Å². The molecule has 0 aliphatic heterocycles. The van der Waals surface area contributed by atoms with Gasteiger partial charge in [0.2, 0.25) is 11.8 Å². The fourth-order valence-electron chi connectivity index (χ4n) is 3.18. The van der Waals surface area contributed by atoms with Gasteiger partial charge in [-0.05, 0) is 31.2 Å². The topological polar surface area (TPSA) is 104 Å². The molecule has 0 fully saturated rings. The number of nitrogens with one attached hydrogen (secondary N) is 2. The van der Waals surface area contributed by atoms with Gasteiger partial charge in [-0.25, -0.2) is 4.79 Å². The molecule has 0 radical (unpaired) electrons. The van der Waals surface area contributed by atoms with Crippen molar-refractivity contribution in [3.05, 3.63) is 73.3 Å². The minimum atomic E-state index is -0.592. The first-order valence-electron chi connectivity index (χ1n) is 9.55. The monoisotopic (exact) mass is 462 g/mol. The molecule has 1 heterocycles. The summed E-state index contributed by atoms with van der Waals surface area (Å²) in [6.45, 7) is 1.90. The Morgan fingerprint density at radius 2 is 1.74 bits per heavy atom. The van der Waals surface area contributed by atoms with Crippen LogP contribution in [0.15, 0.2) is 52.1 Å². The van der Waals surface area contributed by atoms with E-state index in [0.29, 0.717) is 27.5 Å². The Morgan fingerprint density at radius 1 is 1.06 bits per heavy atom. The first-order valence-corrected chi connectivity index (χ1v) is 10.3. The van der Waals surface area contributed by atoms with Crippen molar-refractivity contribution in [2.45, 2.75) is 19.9 Å². The van der Waals surface area contributed by atoms with Crippen LogP contribution in [0.25, 0.3) is 10.9 Å². The molecular weight excluding hydrogens is 443 g/mol. The molecule has 0 aliphatic carbocycles. The van der Waals surface area contributed by atoms with E-state index in [1.54, 1.807) is 49.4 Å². The zero-order valence-electron chi connectivity index (χ0n) is 16.7. The van der Waals surface area contributed by atoms with E-state index in [2.05, 4.69) is 10.3 Å². The van der Waals surface area contributed by atoms with Gasteiger partial charge in [0, 0.05) is 19.5 Å². The SMILES string of the molecule is CCN(CC(=O)Nc1c(Cl)cccc1Cl)C(=O)CCn1c(=O)[nH]c(=O)c2ccccc21. The third-order valence-corrected chi connectivity index (χ3v) is 5.38. The maximum atomic E-state index is 12.7. The van der Waals surface area contributed by atoms with Crippen molar-refractivity contribution in [1.82, 2.24) is 14.5 Å². The Kier molecular flexibility index (Phi) is 7.14. The number of hydrogen-bond acceptors (Lipinski definition) is 4. The number of aryl methyl sites for hydroxylation is 1. The summed E-state index contributed by atoms with van der Waals surface area (Å²) in [5, 5.41) is 3.56. The Morgan fingerprint density at radius 3 is 2.42 bits per heavy atom. The van der Waals surface area contributed by atoms with Crippen LogP contribution in [-0.4, -0.2) is 39.4 Å². The predicted molar refractivity (Wildman–Crippen MR) is 121 cm³/mol. The highest BCUT2D eigenvalue weighted by atomic mass is 35.5. The van der Waals surface area contributed by atoms with Crippen molar-refractivity contribution in [1.29, 1.82) is 0 Å². The van der Waals surface area contributed by atoms with Gasteiger partial charge < -0.3 is 10.2 Å². The molecule has 2 N–H and O–H groups in total. The smallest absolute Gasteiger partial charge is 0.328 e. The van der Waals surface area contributed by atoms with E-state index < -0.39 is 17.2 Å². The first-order chi connectivity index (χ1) is 14.8. The molecule has 0 aliphatic rings. The number of carbonyl (C=O) groups excluding carboxylic acids is 2. The van der Waals surface area contributed by atoms with Crippen LogP contribution in [0.3, 0.4) is 0 Å². The zero-order valence-corrected chi connectivity index (χ0v) is 18.2. The maximum absolute atomic E-state index is 12.7. The number of halogens is 2. The lowest BCUT2D eigenvalue weighted by molar-refractivity contribution is -0.134. The van der Waals surface area contributed by atoms with E-state index in [0.717, 1.165) is 0 Å². The summed E-state index contributed by atoms with van der Waals surface area (Å²) in [6, 6.07) is 11.5. The average Bonchev–Trinajstić information content (AvgIpc) is 2.74. The molecule has 2 aromatic carbocycles. The van der Waals surface area contributed by atoms with Crippen molar-refractivity contribution in [2.75, 3.05) is 18.4 Å². The number of benzene rings is 2. The van der Waals surface area contributed by atoms with Crippen molar-refractivity contribution < 1.29 is 9.59 Å². The second-order valence-electron chi connectivity index (χ2n) is 6.73. The minimum absolute atomic E-state index is 0.0239. The molecule has 3 rings (SSSR count). The molecular formula is C21H20Cl2N4O4. The van der Waals surface area contributed by atoms with Crippen molar-refractivity contribution in [3.63, 3.8) is 0 Å². The van der Waals surface area contributed by atoms with Crippen LogP contribution in [0.1, 0.15) is 13.3 Å². The fourth-order valence-corrected chi connectivity index (χ4v) is 3.67. The van der Waals surface area contributed by atoms with Gasteiger partial charge in [0.25, 0.3) is 5.56 Å². The molecule has 0 bridgehead atoms. The Balaban J connectivity index is 1.70. The highest BCUT2D eigenvalue weighted by Gasteiger charge is 2.18. The molecule has 0 unspecified atom stereocenters. The molecule has 162 valence electrons. The lowest BCUT2D eigenvalue weighted by Gasteiger charge is -2.21. The van der Waals surface area contributed by atoms with Crippen LogP contribution in [0.2, 0.25) is 10.0 Å². The van der Waals surface area contributed by atoms with E-state index >= 15 is 0 Å². The molecule has 2 amide bonds. The summed E-state index contributed by atoms with van der Waals surface area (Å²) in [4.78, 5) is 52.9. The zero-order chi connectivity index (χ0) is 22.5. The summed E-state index contributed by atoms with van der Waals surface area (Å²) >= 11 is 12.1. The number of likely N-dealkylation sites (N-methyl/N-ethyl adjacent to an activating group) is 1. The number of nitrogens with zero attached hydrogens (tertiary/aromatic N) is 2. The summed E-state index contributed by atoms with van der Waals surface area (Å²) in [7, 11) is 0. The molecule has 8 nitrogen and oxygen atoms in total. The van der Waals surface area contributed by atoms with Gasteiger partial charge >= 0.3 is 5.69 Å². The molecule has 0 saturated heterocycles. The van der Waals surface area contributed by atoms with Gasteiger partial charge in [-0.2, -0.15) is 0 Å². The number of rotatable bonds is 7. The van der Waals surface area contributed by atoms with Gasteiger partial charge in [-0.3, -0.25) is 23.9 Å². The molecule has 3 aromatic rings. The summed E-state index contributed by atoms with van der Waals surface area (Å²) in [5.74, 6) is -0.762. The number of amides is 2.